The number of halogens is 2. The Morgan fingerprint density at radius 3 is 2.69 bits per heavy atom. The highest BCUT2D eigenvalue weighted by Crippen LogP contribution is 2.29. The predicted molar refractivity (Wildman–Crippen MR) is 79.3 cm³/mol. The zero-order valence-electron chi connectivity index (χ0n) is 8.46. The molecule has 4 heteroatoms. The summed E-state index contributed by atoms with van der Waals surface area (Å²) in [5, 5.41) is 0. The van der Waals surface area contributed by atoms with E-state index in [0.29, 0.717) is 0 Å². The largest absolute Gasteiger partial charge is 0.288 e. The quantitative estimate of drug-likeness (QED) is 0.523. The van der Waals surface area contributed by atoms with Gasteiger partial charge in [-0.2, -0.15) is 0 Å². The molecule has 2 aromatic rings. The van der Waals surface area contributed by atoms with Crippen molar-refractivity contribution in [3.8, 4) is 0 Å². The zero-order chi connectivity index (χ0) is 11.7. The first-order valence-electron chi connectivity index (χ1n) is 4.64. The minimum absolute atomic E-state index is 0.0866. The van der Waals surface area contributed by atoms with Crippen molar-refractivity contribution in [3.05, 3.63) is 53.7 Å². The molecule has 0 bridgehead atoms. The van der Waals surface area contributed by atoms with E-state index in [4.69, 9.17) is 0 Å². The molecule has 1 heterocycles. The normalized spacial score (nSPS) is 10.4. The van der Waals surface area contributed by atoms with Crippen LogP contribution in [0.15, 0.2) is 34.8 Å². The summed E-state index contributed by atoms with van der Waals surface area (Å²) in [5.74, 6) is 0.0866. The van der Waals surface area contributed by atoms with Gasteiger partial charge in [0.05, 0.1) is 4.88 Å². The number of thiophene rings is 1. The Morgan fingerprint density at radius 2 is 2.12 bits per heavy atom. The Kier molecular flexibility index (Phi) is 3.81. The third kappa shape index (κ3) is 2.55. The maximum Gasteiger partial charge on any atom is 0.204 e. The van der Waals surface area contributed by atoms with Crippen molar-refractivity contribution < 1.29 is 4.79 Å². The lowest BCUT2D eigenvalue weighted by molar-refractivity contribution is 0.104. The average Bonchev–Trinajstić information content (AvgIpc) is 2.57. The summed E-state index contributed by atoms with van der Waals surface area (Å²) in [6.07, 6.45) is 0. The van der Waals surface area contributed by atoms with Gasteiger partial charge in [0.2, 0.25) is 5.78 Å². The summed E-state index contributed by atoms with van der Waals surface area (Å²) in [4.78, 5) is 14.1. The molecular formula is C12H8BrIOS. The first-order valence-corrected chi connectivity index (χ1v) is 7.33. The van der Waals surface area contributed by atoms with Gasteiger partial charge in [-0.3, -0.25) is 4.79 Å². The fourth-order valence-corrected chi connectivity index (χ4v) is 3.73. The third-order valence-electron chi connectivity index (χ3n) is 2.10. The molecule has 82 valence electrons. The standard InChI is InChI=1S/C12H8BrIOS/c1-7-5-10(13)12(16-7)11(15)8-3-2-4-9(14)6-8/h2-6H,1H3. The summed E-state index contributed by atoms with van der Waals surface area (Å²) < 4.78 is 1.96. The van der Waals surface area contributed by atoms with Crippen LogP contribution in [0.4, 0.5) is 0 Å². The third-order valence-corrected chi connectivity index (χ3v) is 4.71. The van der Waals surface area contributed by atoms with Crippen LogP contribution < -0.4 is 0 Å². The van der Waals surface area contributed by atoms with Gasteiger partial charge in [0, 0.05) is 18.5 Å². The molecule has 0 fully saturated rings. The Hall–Kier alpha value is -0.200. The van der Waals surface area contributed by atoms with Crippen molar-refractivity contribution in [2.75, 3.05) is 0 Å². The molecule has 1 nitrogen and oxygen atoms in total. The molecule has 0 radical (unpaired) electrons. The average molecular weight is 407 g/mol. The van der Waals surface area contributed by atoms with Gasteiger partial charge in [0.15, 0.2) is 0 Å². The van der Waals surface area contributed by atoms with Crippen LogP contribution in [0, 0.1) is 10.5 Å². The van der Waals surface area contributed by atoms with Gasteiger partial charge < -0.3 is 0 Å². The fourth-order valence-electron chi connectivity index (χ4n) is 1.40. The van der Waals surface area contributed by atoms with Gasteiger partial charge in [0.25, 0.3) is 0 Å². The first kappa shape index (κ1) is 12.3. The van der Waals surface area contributed by atoms with E-state index in [1.54, 1.807) is 0 Å². The number of hydrogen-bond acceptors (Lipinski definition) is 2. The van der Waals surface area contributed by atoms with Crippen LogP contribution in [-0.2, 0) is 0 Å². The number of hydrogen-bond donors (Lipinski definition) is 0. The highest BCUT2D eigenvalue weighted by molar-refractivity contribution is 14.1. The molecule has 1 aromatic heterocycles. The molecule has 0 spiro atoms. The molecule has 0 N–H and O–H groups in total. The molecule has 16 heavy (non-hydrogen) atoms. The van der Waals surface area contributed by atoms with E-state index in [1.165, 1.54) is 11.3 Å². The second kappa shape index (κ2) is 4.98. The molecule has 0 saturated heterocycles. The summed E-state index contributed by atoms with van der Waals surface area (Å²) >= 11 is 7.16. The highest BCUT2D eigenvalue weighted by Gasteiger charge is 2.15. The number of rotatable bonds is 2. The van der Waals surface area contributed by atoms with Crippen LogP contribution in [0.1, 0.15) is 20.1 Å². The number of carbonyl (C=O) groups is 1. The smallest absolute Gasteiger partial charge is 0.204 e. The Balaban J connectivity index is 2.43. The molecule has 0 aliphatic rings. The van der Waals surface area contributed by atoms with Gasteiger partial charge in [0.1, 0.15) is 0 Å². The minimum Gasteiger partial charge on any atom is -0.288 e. The number of carbonyl (C=O) groups excluding carboxylic acids is 1. The summed E-state index contributed by atoms with van der Waals surface area (Å²) in [5.41, 5.74) is 0.745. The molecule has 2 rings (SSSR count). The lowest BCUT2D eigenvalue weighted by Gasteiger charge is -1.99. The lowest BCUT2D eigenvalue weighted by Crippen LogP contribution is -1.99. The maximum absolute atomic E-state index is 12.2. The highest BCUT2D eigenvalue weighted by atomic mass is 127. The molecule has 0 aliphatic heterocycles. The minimum atomic E-state index is 0.0866. The fraction of sp³-hybridized carbons (Fsp3) is 0.0833. The van der Waals surface area contributed by atoms with E-state index >= 15 is 0 Å². The maximum atomic E-state index is 12.2. The van der Waals surface area contributed by atoms with E-state index in [1.807, 2.05) is 37.3 Å². The molecular weight excluding hydrogens is 399 g/mol. The lowest BCUT2D eigenvalue weighted by atomic mass is 10.1. The molecule has 1 aromatic carbocycles. The van der Waals surface area contributed by atoms with Gasteiger partial charge in [-0.05, 0) is 63.6 Å². The molecule has 0 amide bonds. The molecule has 0 unspecified atom stereocenters. The summed E-state index contributed by atoms with van der Waals surface area (Å²) in [6, 6.07) is 9.62. The number of ketones is 1. The zero-order valence-corrected chi connectivity index (χ0v) is 13.0. The van der Waals surface area contributed by atoms with E-state index < -0.39 is 0 Å². The van der Waals surface area contributed by atoms with Crippen LogP contribution in [0.25, 0.3) is 0 Å². The van der Waals surface area contributed by atoms with Gasteiger partial charge in [-0.1, -0.05) is 12.1 Å². The Morgan fingerprint density at radius 1 is 1.38 bits per heavy atom. The van der Waals surface area contributed by atoms with Gasteiger partial charge in [-0.15, -0.1) is 11.3 Å². The SMILES string of the molecule is Cc1cc(Br)c(C(=O)c2cccc(I)c2)s1. The second-order valence-electron chi connectivity index (χ2n) is 3.37. The summed E-state index contributed by atoms with van der Waals surface area (Å²) in [6.45, 7) is 2.00. The summed E-state index contributed by atoms with van der Waals surface area (Å²) in [7, 11) is 0. The van der Waals surface area contributed by atoms with Gasteiger partial charge in [-0.25, -0.2) is 0 Å². The van der Waals surface area contributed by atoms with Crippen molar-refractivity contribution in [2.45, 2.75) is 6.92 Å². The second-order valence-corrected chi connectivity index (χ2v) is 6.73. The number of benzene rings is 1. The van der Waals surface area contributed by atoms with Crippen LogP contribution in [0.5, 0.6) is 0 Å². The molecule has 0 aliphatic carbocycles. The molecule has 0 saturated carbocycles. The Bertz CT molecular complexity index is 548. The molecule has 0 atom stereocenters. The van der Waals surface area contributed by atoms with Crippen LogP contribution in [0.2, 0.25) is 0 Å². The van der Waals surface area contributed by atoms with E-state index in [-0.39, 0.29) is 5.78 Å². The van der Waals surface area contributed by atoms with Crippen molar-refractivity contribution >= 4 is 55.6 Å². The van der Waals surface area contributed by atoms with Gasteiger partial charge >= 0.3 is 0 Å². The van der Waals surface area contributed by atoms with Crippen LogP contribution in [0.3, 0.4) is 0 Å². The van der Waals surface area contributed by atoms with Crippen molar-refractivity contribution in [3.63, 3.8) is 0 Å². The topological polar surface area (TPSA) is 17.1 Å². The van der Waals surface area contributed by atoms with E-state index in [9.17, 15) is 4.79 Å². The van der Waals surface area contributed by atoms with E-state index in [0.717, 1.165) is 23.4 Å². The Labute approximate surface area is 120 Å². The first-order chi connectivity index (χ1) is 7.58. The van der Waals surface area contributed by atoms with Crippen molar-refractivity contribution in [2.24, 2.45) is 0 Å². The van der Waals surface area contributed by atoms with Crippen LogP contribution >= 0.6 is 49.9 Å². The number of aryl methyl sites for hydroxylation is 1. The van der Waals surface area contributed by atoms with Crippen molar-refractivity contribution in [1.29, 1.82) is 0 Å². The van der Waals surface area contributed by atoms with Crippen LogP contribution in [-0.4, -0.2) is 5.78 Å². The monoisotopic (exact) mass is 406 g/mol. The van der Waals surface area contributed by atoms with Crippen molar-refractivity contribution in [1.82, 2.24) is 0 Å². The van der Waals surface area contributed by atoms with E-state index in [2.05, 4.69) is 38.5 Å². The predicted octanol–water partition coefficient (Wildman–Crippen LogP) is 4.65.